The van der Waals surface area contributed by atoms with E-state index in [0.717, 1.165) is 21.1 Å². The molecule has 0 spiro atoms. The monoisotopic (exact) mass is 437 g/mol. The highest BCUT2D eigenvalue weighted by Gasteiger charge is 2.26. The summed E-state index contributed by atoms with van der Waals surface area (Å²) < 4.78 is 13.4. The maximum atomic E-state index is 13.4. The molecule has 5 nitrogen and oxygen atoms in total. The molecule has 0 saturated carbocycles. The maximum absolute atomic E-state index is 13.4. The van der Waals surface area contributed by atoms with Gasteiger partial charge in [-0.3, -0.25) is 9.59 Å². The lowest BCUT2D eigenvalue weighted by Crippen LogP contribution is -2.51. The molecular weight excluding hydrogens is 413 g/mol. The van der Waals surface area contributed by atoms with Gasteiger partial charge in [-0.1, -0.05) is 35.9 Å². The summed E-state index contributed by atoms with van der Waals surface area (Å²) in [6.45, 7) is 5.81. The van der Waals surface area contributed by atoms with Crippen molar-refractivity contribution in [2.75, 3.05) is 26.2 Å². The van der Waals surface area contributed by atoms with Crippen LogP contribution in [0.25, 0.3) is 11.3 Å². The first-order chi connectivity index (χ1) is 14.9. The van der Waals surface area contributed by atoms with Crippen LogP contribution in [0.5, 0.6) is 0 Å². The minimum atomic E-state index is -0.427. The number of carbonyl (C=O) groups excluding carboxylic acids is 2. The predicted octanol–water partition coefficient (Wildman–Crippen LogP) is 4.09. The van der Waals surface area contributed by atoms with Crippen LogP contribution in [-0.4, -0.2) is 52.8 Å². The third-order valence-electron chi connectivity index (χ3n) is 5.43. The van der Waals surface area contributed by atoms with Gasteiger partial charge in [0.1, 0.15) is 5.82 Å². The quantitative estimate of drug-likeness (QED) is 0.618. The largest absolute Gasteiger partial charge is 0.339 e. The topological polar surface area (TPSA) is 53.5 Å². The number of benzene rings is 2. The van der Waals surface area contributed by atoms with Crippen LogP contribution >= 0.6 is 11.3 Å². The van der Waals surface area contributed by atoms with Crippen molar-refractivity contribution in [3.05, 3.63) is 75.4 Å². The first-order valence-corrected chi connectivity index (χ1v) is 11.1. The van der Waals surface area contributed by atoms with Crippen molar-refractivity contribution in [1.29, 1.82) is 0 Å². The third kappa shape index (κ3) is 4.82. The van der Waals surface area contributed by atoms with Crippen LogP contribution in [0.15, 0.2) is 48.5 Å². The predicted molar refractivity (Wildman–Crippen MR) is 120 cm³/mol. The Kier molecular flexibility index (Phi) is 6.13. The molecule has 1 fully saturated rings. The second-order valence-electron chi connectivity index (χ2n) is 7.73. The molecule has 4 rings (SSSR count). The second kappa shape index (κ2) is 8.98. The Bertz CT molecular complexity index is 1100. The van der Waals surface area contributed by atoms with Crippen LogP contribution in [0.1, 0.15) is 25.8 Å². The van der Waals surface area contributed by atoms with Gasteiger partial charge in [0.15, 0.2) is 0 Å². The van der Waals surface area contributed by atoms with Crippen molar-refractivity contribution >= 4 is 23.2 Å². The summed E-state index contributed by atoms with van der Waals surface area (Å²) in [4.78, 5) is 34.6. The average molecular weight is 438 g/mol. The van der Waals surface area contributed by atoms with E-state index >= 15 is 0 Å². The van der Waals surface area contributed by atoms with E-state index in [1.54, 1.807) is 27.2 Å². The van der Waals surface area contributed by atoms with Crippen molar-refractivity contribution in [2.45, 2.75) is 20.3 Å². The molecule has 3 aromatic rings. The standard InChI is InChI=1S/C24H24FN3O2S/c1-16-6-8-18(9-7-16)23-21(31-17(2)26-23)15-22(29)27-10-12-28(13-11-27)24(30)19-4-3-5-20(25)14-19/h3-9,14H,10-13,15H2,1-2H3. The third-order valence-corrected chi connectivity index (χ3v) is 6.40. The summed E-state index contributed by atoms with van der Waals surface area (Å²) in [5.74, 6) is -0.593. The van der Waals surface area contributed by atoms with Crippen LogP contribution in [0.2, 0.25) is 0 Å². The van der Waals surface area contributed by atoms with E-state index < -0.39 is 5.82 Å². The van der Waals surface area contributed by atoms with Gasteiger partial charge >= 0.3 is 0 Å². The fourth-order valence-corrected chi connectivity index (χ4v) is 4.69. The molecule has 0 atom stereocenters. The van der Waals surface area contributed by atoms with E-state index in [1.807, 2.05) is 38.1 Å². The highest BCUT2D eigenvalue weighted by Crippen LogP contribution is 2.29. The number of piperazine rings is 1. The van der Waals surface area contributed by atoms with Gasteiger partial charge < -0.3 is 9.80 Å². The second-order valence-corrected chi connectivity index (χ2v) is 9.02. The molecule has 0 aliphatic carbocycles. The summed E-state index contributed by atoms with van der Waals surface area (Å²) in [5, 5.41) is 0.934. The fourth-order valence-electron chi connectivity index (χ4n) is 3.74. The number of halogens is 1. The van der Waals surface area contributed by atoms with Crippen molar-refractivity contribution in [3.63, 3.8) is 0 Å². The zero-order chi connectivity index (χ0) is 22.0. The zero-order valence-corrected chi connectivity index (χ0v) is 18.4. The highest BCUT2D eigenvalue weighted by molar-refractivity contribution is 7.12. The number of hydrogen-bond donors (Lipinski definition) is 0. The number of carbonyl (C=O) groups is 2. The van der Waals surface area contributed by atoms with Gasteiger partial charge in [-0.2, -0.15) is 0 Å². The molecule has 2 aromatic carbocycles. The van der Waals surface area contributed by atoms with Gasteiger partial charge in [0.2, 0.25) is 5.91 Å². The number of aryl methyl sites for hydroxylation is 2. The number of rotatable bonds is 4. The van der Waals surface area contributed by atoms with E-state index in [1.165, 1.54) is 23.8 Å². The summed E-state index contributed by atoms with van der Waals surface area (Å²) >= 11 is 1.55. The Labute approximate surface area is 185 Å². The molecule has 160 valence electrons. The van der Waals surface area contributed by atoms with E-state index in [-0.39, 0.29) is 11.8 Å². The summed E-state index contributed by atoms with van der Waals surface area (Å²) in [5.41, 5.74) is 3.40. The first kappa shape index (κ1) is 21.2. The lowest BCUT2D eigenvalue weighted by atomic mass is 10.1. The van der Waals surface area contributed by atoms with E-state index in [0.29, 0.717) is 38.2 Å². The van der Waals surface area contributed by atoms with Gasteiger partial charge in [0.05, 0.1) is 17.1 Å². The van der Waals surface area contributed by atoms with Crippen LogP contribution < -0.4 is 0 Å². The molecule has 1 saturated heterocycles. The van der Waals surface area contributed by atoms with Gasteiger partial charge in [-0.15, -0.1) is 11.3 Å². The van der Waals surface area contributed by atoms with Crippen molar-refractivity contribution < 1.29 is 14.0 Å². The molecule has 2 amide bonds. The van der Waals surface area contributed by atoms with Crippen LogP contribution in [0, 0.1) is 19.7 Å². The van der Waals surface area contributed by atoms with Crippen molar-refractivity contribution in [3.8, 4) is 11.3 Å². The number of hydrogen-bond acceptors (Lipinski definition) is 4. The van der Waals surface area contributed by atoms with Gasteiger partial charge in [-0.25, -0.2) is 9.37 Å². The number of aromatic nitrogens is 1. The minimum absolute atomic E-state index is 0.0369. The lowest BCUT2D eigenvalue weighted by Gasteiger charge is -2.34. The molecule has 7 heteroatoms. The molecule has 31 heavy (non-hydrogen) atoms. The molecule has 1 aliphatic heterocycles. The Morgan fingerprint density at radius 2 is 1.68 bits per heavy atom. The van der Waals surface area contributed by atoms with Crippen LogP contribution in [0.3, 0.4) is 0 Å². The number of thiazole rings is 1. The van der Waals surface area contributed by atoms with Gasteiger partial charge in [-0.05, 0) is 32.0 Å². The Morgan fingerprint density at radius 1 is 1.00 bits per heavy atom. The Hall–Kier alpha value is -3.06. The molecule has 0 bridgehead atoms. The molecule has 1 aromatic heterocycles. The van der Waals surface area contributed by atoms with Crippen molar-refractivity contribution in [1.82, 2.24) is 14.8 Å². The average Bonchev–Trinajstić information content (AvgIpc) is 3.13. The SMILES string of the molecule is Cc1ccc(-c2nc(C)sc2CC(=O)N2CCN(C(=O)c3cccc(F)c3)CC2)cc1. The Morgan fingerprint density at radius 3 is 2.35 bits per heavy atom. The maximum Gasteiger partial charge on any atom is 0.254 e. The zero-order valence-electron chi connectivity index (χ0n) is 17.6. The van der Waals surface area contributed by atoms with Crippen LogP contribution in [0.4, 0.5) is 4.39 Å². The molecular formula is C24H24FN3O2S. The van der Waals surface area contributed by atoms with E-state index in [4.69, 9.17) is 0 Å². The number of amides is 2. The van der Waals surface area contributed by atoms with E-state index in [9.17, 15) is 14.0 Å². The lowest BCUT2D eigenvalue weighted by molar-refractivity contribution is -0.131. The summed E-state index contributed by atoms with van der Waals surface area (Å²) in [7, 11) is 0. The normalized spacial score (nSPS) is 14.0. The molecule has 0 radical (unpaired) electrons. The van der Waals surface area contributed by atoms with Crippen LogP contribution in [-0.2, 0) is 11.2 Å². The minimum Gasteiger partial charge on any atom is -0.339 e. The molecule has 0 unspecified atom stereocenters. The van der Waals surface area contributed by atoms with E-state index in [2.05, 4.69) is 4.98 Å². The Balaban J connectivity index is 1.40. The number of nitrogens with zero attached hydrogens (tertiary/aromatic N) is 3. The molecule has 1 aliphatic rings. The highest BCUT2D eigenvalue weighted by atomic mass is 32.1. The molecule has 0 N–H and O–H groups in total. The van der Waals surface area contributed by atoms with Gasteiger partial charge in [0, 0.05) is 42.2 Å². The smallest absolute Gasteiger partial charge is 0.254 e. The summed E-state index contributed by atoms with van der Waals surface area (Å²) in [6.07, 6.45) is 0.298. The van der Waals surface area contributed by atoms with Crippen molar-refractivity contribution in [2.24, 2.45) is 0 Å². The first-order valence-electron chi connectivity index (χ1n) is 10.3. The van der Waals surface area contributed by atoms with Gasteiger partial charge in [0.25, 0.3) is 5.91 Å². The fraction of sp³-hybridized carbons (Fsp3) is 0.292. The summed E-state index contributed by atoms with van der Waals surface area (Å²) in [6, 6.07) is 13.9. The molecule has 2 heterocycles.